The van der Waals surface area contributed by atoms with E-state index in [9.17, 15) is 14.4 Å². The molecule has 0 radical (unpaired) electrons. The minimum Gasteiger partial charge on any atom is -0.341 e. The second-order valence-corrected chi connectivity index (χ2v) is 6.17. The maximum atomic E-state index is 12.4. The highest BCUT2D eigenvalue weighted by Gasteiger charge is 2.32. The van der Waals surface area contributed by atoms with E-state index in [4.69, 9.17) is 0 Å². The average molecular weight is 291 g/mol. The fourth-order valence-electron chi connectivity index (χ4n) is 3.64. The van der Waals surface area contributed by atoms with Crippen molar-refractivity contribution in [2.45, 2.75) is 38.6 Å². The number of rotatable bonds is 2. The highest BCUT2D eigenvalue weighted by Crippen LogP contribution is 2.35. The molecule has 6 heteroatoms. The summed E-state index contributed by atoms with van der Waals surface area (Å²) in [5, 5.41) is 0. The zero-order valence-corrected chi connectivity index (χ0v) is 12.1. The van der Waals surface area contributed by atoms with Gasteiger partial charge in [-0.05, 0) is 24.7 Å². The number of H-pyrrole nitrogens is 1. The van der Waals surface area contributed by atoms with Crippen molar-refractivity contribution in [3.63, 3.8) is 0 Å². The summed E-state index contributed by atoms with van der Waals surface area (Å²) < 4.78 is 1.26. The SMILES string of the molecule is O=C(Cn1ccc(=O)[nH]c1=O)N1CC[C@@H]2CCCC[C@@H]2C1. The van der Waals surface area contributed by atoms with Crippen molar-refractivity contribution in [1.82, 2.24) is 14.5 Å². The Morgan fingerprint density at radius 2 is 1.95 bits per heavy atom. The largest absolute Gasteiger partial charge is 0.341 e. The molecule has 1 aliphatic carbocycles. The summed E-state index contributed by atoms with van der Waals surface area (Å²) in [5.41, 5.74) is -0.963. The van der Waals surface area contributed by atoms with Gasteiger partial charge in [-0.1, -0.05) is 19.3 Å². The predicted molar refractivity (Wildman–Crippen MR) is 78.0 cm³/mol. The van der Waals surface area contributed by atoms with E-state index < -0.39 is 11.2 Å². The molecule has 2 aliphatic rings. The summed E-state index contributed by atoms with van der Waals surface area (Å²) in [6, 6.07) is 1.27. The molecule has 3 rings (SSSR count). The van der Waals surface area contributed by atoms with Gasteiger partial charge in [-0.3, -0.25) is 19.1 Å². The zero-order chi connectivity index (χ0) is 14.8. The van der Waals surface area contributed by atoms with Crippen LogP contribution in [0.2, 0.25) is 0 Å². The third-order valence-corrected chi connectivity index (χ3v) is 4.85. The second kappa shape index (κ2) is 5.87. The van der Waals surface area contributed by atoms with Gasteiger partial charge >= 0.3 is 5.69 Å². The maximum absolute atomic E-state index is 12.4. The molecule has 2 atom stereocenters. The van der Waals surface area contributed by atoms with Crippen molar-refractivity contribution < 1.29 is 4.79 Å². The minimum absolute atomic E-state index is 0.00694. The molecule has 6 nitrogen and oxygen atoms in total. The molecule has 1 aromatic rings. The van der Waals surface area contributed by atoms with Crippen molar-refractivity contribution in [2.24, 2.45) is 11.8 Å². The summed E-state index contributed by atoms with van der Waals surface area (Å²) in [6.45, 7) is 1.62. The number of hydrogen-bond acceptors (Lipinski definition) is 3. The molecule has 1 N–H and O–H groups in total. The quantitative estimate of drug-likeness (QED) is 0.866. The molecular weight excluding hydrogens is 270 g/mol. The van der Waals surface area contributed by atoms with Gasteiger partial charge in [0.05, 0.1) is 0 Å². The highest BCUT2D eigenvalue weighted by molar-refractivity contribution is 5.76. The minimum atomic E-state index is -0.525. The van der Waals surface area contributed by atoms with Crippen LogP contribution in [-0.2, 0) is 11.3 Å². The molecule has 1 aliphatic heterocycles. The predicted octanol–water partition coefficient (Wildman–Crippen LogP) is 0.575. The smallest absolute Gasteiger partial charge is 0.328 e. The number of hydrogen-bond donors (Lipinski definition) is 1. The molecular formula is C15H21N3O3. The average Bonchev–Trinajstić information content (AvgIpc) is 2.49. The molecule has 2 fully saturated rings. The van der Waals surface area contributed by atoms with Crippen LogP contribution in [0.4, 0.5) is 0 Å². The maximum Gasteiger partial charge on any atom is 0.328 e. The van der Waals surface area contributed by atoms with Crippen LogP contribution in [0.3, 0.4) is 0 Å². The zero-order valence-electron chi connectivity index (χ0n) is 12.1. The van der Waals surface area contributed by atoms with E-state index in [1.807, 2.05) is 4.90 Å². The van der Waals surface area contributed by atoms with Crippen molar-refractivity contribution in [3.8, 4) is 0 Å². The highest BCUT2D eigenvalue weighted by atomic mass is 16.2. The Bertz CT molecular complexity index is 634. The summed E-state index contributed by atoms with van der Waals surface area (Å²) in [7, 11) is 0. The summed E-state index contributed by atoms with van der Waals surface area (Å²) in [6.07, 6.45) is 7.56. The van der Waals surface area contributed by atoms with Gasteiger partial charge in [-0.15, -0.1) is 0 Å². The van der Waals surface area contributed by atoms with Crippen molar-refractivity contribution in [1.29, 1.82) is 0 Å². The van der Waals surface area contributed by atoms with Crippen molar-refractivity contribution in [3.05, 3.63) is 33.1 Å². The Kier molecular flexibility index (Phi) is 3.94. The van der Waals surface area contributed by atoms with Gasteiger partial charge in [0.15, 0.2) is 0 Å². The second-order valence-electron chi connectivity index (χ2n) is 6.17. The number of likely N-dealkylation sites (tertiary alicyclic amines) is 1. The molecule has 0 spiro atoms. The summed E-state index contributed by atoms with van der Waals surface area (Å²) in [5.74, 6) is 1.37. The van der Waals surface area contributed by atoms with Crippen LogP contribution in [0.15, 0.2) is 21.9 Å². The van der Waals surface area contributed by atoms with Gasteiger partial charge < -0.3 is 4.90 Å². The normalized spacial score (nSPS) is 25.4. The van der Waals surface area contributed by atoms with Crippen molar-refractivity contribution in [2.75, 3.05) is 13.1 Å². The molecule has 21 heavy (non-hydrogen) atoms. The third-order valence-electron chi connectivity index (χ3n) is 4.85. The van der Waals surface area contributed by atoms with Gasteiger partial charge in [0.1, 0.15) is 6.54 Å². The Hall–Kier alpha value is -1.85. The van der Waals surface area contributed by atoms with E-state index in [0.717, 1.165) is 25.4 Å². The number of amides is 1. The first-order chi connectivity index (χ1) is 10.1. The van der Waals surface area contributed by atoms with E-state index >= 15 is 0 Å². The monoisotopic (exact) mass is 291 g/mol. The Morgan fingerprint density at radius 3 is 2.71 bits per heavy atom. The Morgan fingerprint density at radius 1 is 1.19 bits per heavy atom. The van der Waals surface area contributed by atoms with E-state index in [2.05, 4.69) is 4.98 Å². The van der Waals surface area contributed by atoms with E-state index in [1.165, 1.54) is 42.5 Å². The van der Waals surface area contributed by atoms with Crippen LogP contribution in [0.25, 0.3) is 0 Å². The fraction of sp³-hybridized carbons (Fsp3) is 0.667. The lowest BCUT2D eigenvalue weighted by Gasteiger charge is -2.41. The first-order valence-corrected chi connectivity index (χ1v) is 7.71. The molecule has 1 saturated carbocycles. The molecule has 0 unspecified atom stereocenters. The molecule has 2 heterocycles. The van der Waals surface area contributed by atoms with Gasteiger partial charge in [0.2, 0.25) is 5.91 Å². The first-order valence-electron chi connectivity index (χ1n) is 7.71. The van der Waals surface area contributed by atoms with Crippen LogP contribution in [0.5, 0.6) is 0 Å². The van der Waals surface area contributed by atoms with Crippen LogP contribution >= 0.6 is 0 Å². The third kappa shape index (κ3) is 3.09. The number of nitrogens with one attached hydrogen (secondary N) is 1. The van der Waals surface area contributed by atoms with Gasteiger partial charge in [-0.25, -0.2) is 4.79 Å². The van der Waals surface area contributed by atoms with Gasteiger partial charge in [0.25, 0.3) is 5.56 Å². The number of carbonyl (C=O) groups excluding carboxylic acids is 1. The van der Waals surface area contributed by atoms with Gasteiger partial charge in [-0.2, -0.15) is 0 Å². The standard InChI is InChI=1S/C15H21N3O3/c19-13-6-8-18(15(21)16-13)10-14(20)17-7-5-11-3-1-2-4-12(11)9-17/h6,8,11-12H,1-5,7,9-10H2,(H,16,19,21)/t11-,12+/m0/s1. The van der Waals surface area contributed by atoms with Crippen molar-refractivity contribution >= 4 is 5.91 Å². The number of fused-ring (bicyclic) bond motifs is 1. The molecule has 0 bridgehead atoms. The first kappa shape index (κ1) is 14.1. The lowest BCUT2D eigenvalue weighted by molar-refractivity contribution is -0.135. The topological polar surface area (TPSA) is 75.2 Å². The lowest BCUT2D eigenvalue weighted by Crippen LogP contribution is -2.46. The Labute approximate surface area is 122 Å². The van der Waals surface area contributed by atoms with E-state index in [1.54, 1.807) is 0 Å². The van der Waals surface area contributed by atoms with Crippen LogP contribution in [0.1, 0.15) is 32.1 Å². The molecule has 1 amide bonds. The van der Waals surface area contributed by atoms with E-state index in [0.29, 0.717) is 5.92 Å². The molecule has 1 saturated heterocycles. The summed E-state index contributed by atoms with van der Waals surface area (Å²) in [4.78, 5) is 39.1. The number of carbonyl (C=O) groups is 1. The van der Waals surface area contributed by atoms with Gasteiger partial charge in [0, 0.05) is 25.4 Å². The van der Waals surface area contributed by atoms with E-state index in [-0.39, 0.29) is 12.5 Å². The molecule has 1 aromatic heterocycles. The van der Waals surface area contributed by atoms with Crippen LogP contribution in [0, 0.1) is 11.8 Å². The van der Waals surface area contributed by atoms with Crippen LogP contribution in [-0.4, -0.2) is 33.4 Å². The number of piperidine rings is 1. The molecule has 0 aromatic carbocycles. The number of nitrogens with zero attached hydrogens (tertiary/aromatic N) is 2. The van der Waals surface area contributed by atoms with Crippen LogP contribution < -0.4 is 11.2 Å². The lowest BCUT2D eigenvalue weighted by atomic mass is 9.75. The number of aromatic amines is 1. The fourth-order valence-corrected chi connectivity index (χ4v) is 3.64. The molecule has 114 valence electrons. The number of aromatic nitrogens is 2. The summed E-state index contributed by atoms with van der Waals surface area (Å²) >= 11 is 0. The Balaban J connectivity index is 1.65.